The number of carboxylic acid groups (broad SMARTS) is 2. The van der Waals surface area contributed by atoms with E-state index in [1.807, 2.05) is 24.3 Å². The minimum Gasteiger partial charge on any atom is -0.481 e. The van der Waals surface area contributed by atoms with Gasteiger partial charge < -0.3 is 21.3 Å². The Hall–Kier alpha value is -4.47. The van der Waals surface area contributed by atoms with Gasteiger partial charge in [-0.15, -0.1) is 0 Å². The third-order valence-electron chi connectivity index (χ3n) is 6.67. The van der Waals surface area contributed by atoms with Crippen molar-refractivity contribution in [3.8, 4) is 11.8 Å². The molecule has 2 aromatic carbocycles. The number of aliphatic carboxylic acids is 2. The second-order valence-corrected chi connectivity index (χ2v) is 10.1. The first-order chi connectivity index (χ1) is 20.0. The lowest BCUT2D eigenvalue weighted by Crippen LogP contribution is -2.46. The predicted molar refractivity (Wildman–Crippen MR) is 156 cm³/mol. The maximum absolute atomic E-state index is 13.4. The summed E-state index contributed by atoms with van der Waals surface area (Å²) in [6, 6.07) is 11.9. The zero-order valence-corrected chi connectivity index (χ0v) is 23.5. The van der Waals surface area contributed by atoms with Gasteiger partial charge in [-0.05, 0) is 30.7 Å². The Labute approximate surface area is 247 Å². The first kappa shape index (κ1) is 32.0. The fourth-order valence-electron chi connectivity index (χ4n) is 4.38. The van der Waals surface area contributed by atoms with Gasteiger partial charge in [0, 0.05) is 42.6 Å². The average molecular weight is 594 g/mol. The summed E-state index contributed by atoms with van der Waals surface area (Å²) >= 11 is 3.85. The second kappa shape index (κ2) is 15.0. The molecule has 2 amide bonds. The first-order valence-electron chi connectivity index (χ1n) is 13.2. The van der Waals surface area contributed by atoms with Gasteiger partial charge in [0.25, 0.3) is 0 Å². The number of fused-ring (bicyclic) bond motifs is 2. The molecule has 0 aliphatic carbocycles. The van der Waals surface area contributed by atoms with Crippen molar-refractivity contribution in [2.75, 3.05) is 10.7 Å². The average Bonchev–Trinajstić information content (AvgIpc) is 3.13. The van der Waals surface area contributed by atoms with Crippen molar-refractivity contribution < 1.29 is 39.0 Å². The molecule has 3 rings (SSSR count). The van der Waals surface area contributed by atoms with E-state index >= 15 is 0 Å². The van der Waals surface area contributed by atoms with Gasteiger partial charge in [0.2, 0.25) is 11.8 Å². The number of anilines is 2. The molecule has 1 aliphatic rings. The van der Waals surface area contributed by atoms with Crippen LogP contribution in [0.3, 0.4) is 0 Å². The molecular formula is C30H31N3O8S. The number of carboxylic acids is 2. The van der Waals surface area contributed by atoms with Gasteiger partial charge in [-0.25, -0.2) is 4.79 Å². The topological polar surface area (TPSA) is 184 Å². The van der Waals surface area contributed by atoms with Gasteiger partial charge in [0.1, 0.15) is 17.6 Å². The number of hydrogen-bond donors (Lipinski definition) is 5. The van der Waals surface area contributed by atoms with E-state index < -0.39 is 54.5 Å². The summed E-state index contributed by atoms with van der Waals surface area (Å²) in [4.78, 5) is 75.1. The molecule has 2 aromatic rings. The Balaban J connectivity index is 1.56. The number of para-hydroxylation sites is 2. The van der Waals surface area contributed by atoms with Crippen molar-refractivity contribution in [3.63, 3.8) is 0 Å². The number of nitrogens with one attached hydrogen (secondary N) is 1. The number of nitrogens with two attached hydrogens (primary N) is 1. The van der Waals surface area contributed by atoms with Gasteiger partial charge >= 0.3 is 11.9 Å². The van der Waals surface area contributed by atoms with Crippen LogP contribution in [0.1, 0.15) is 49.7 Å². The number of benzene rings is 2. The summed E-state index contributed by atoms with van der Waals surface area (Å²) < 4.78 is 0. The highest BCUT2D eigenvalue weighted by Crippen LogP contribution is 2.33. The lowest BCUT2D eigenvalue weighted by Gasteiger charge is -2.24. The summed E-state index contributed by atoms with van der Waals surface area (Å²) in [5, 5.41) is 20.4. The molecule has 1 aliphatic heterocycles. The van der Waals surface area contributed by atoms with Gasteiger partial charge in [-0.2, -0.15) is 12.6 Å². The molecule has 0 unspecified atom stereocenters. The Kier molecular flexibility index (Phi) is 11.4. The molecule has 3 atom stereocenters. The predicted octanol–water partition coefficient (Wildman–Crippen LogP) is 2.07. The number of ketones is 2. The van der Waals surface area contributed by atoms with Crippen LogP contribution in [0.5, 0.6) is 0 Å². The maximum atomic E-state index is 13.4. The van der Waals surface area contributed by atoms with Crippen LogP contribution in [0, 0.1) is 17.8 Å². The van der Waals surface area contributed by atoms with Crippen molar-refractivity contribution in [3.05, 3.63) is 59.7 Å². The van der Waals surface area contributed by atoms with Crippen LogP contribution < -0.4 is 16.0 Å². The zero-order valence-electron chi connectivity index (χ0n) is 22.6. The van der Waals surface area contributed by atoms with Crippen LogP contribution >= 0.6 is 12.6 Å². The first-order valence-corrected chi connectivity index (χ1v) is 13.8. The largest absolute Gasteiger partial charge is 0.481 e. The number of carbonyl (C=O) groups is 6. The minimum atomic E-state index is -1.36. The highest BCUT2D eigenvalue weighted by atomic mass is 32.1. The van der Waals surface area contributed by atoms with Gasteiger partial charge in [-0.1, -0.05) is 36.1 Å². The van der Waals surface area contributed by atoms with E-state index in [4.69, 9.17) is 15.9 Å². The van der Waals surface area contributed by atoms with Crippen molar-refractivity contribution in [2.45, 2.75) is 50.6 Å². The normalized spacial score (nSPS) is 13.6. The molecular weight excluding hydrogens is 562 g/mol. The number of nitrogens with zero attached hydrogens (tertiary/aromatic N) is 1. The molecule has 42 heavy (non-hydrogen) atoms. The molecule has 1 heterocycles. The summed E-state index contributed by atoms with van der Waals surface area (Å²) in [6.07, 6.45) is -1.61. The van der Waals surface area contributed by atoms with Crippen molar-refractivity contribution in [2.24, 2.45) is 11.7 Å². The molecule has 0 radical (unpaired) electrons. The van der Waals surface area contributed by atoms with Crippen molar-refractivity contribution >= 4 is 59.3 Å². The molecule has 0 spiro atoms. The maximum Gasteiger partial charge on any atom is 0.327 e. The van der Waals surface area contributed by atoms with E-state index in [1.54, 1.807) is 24.3 Å². The zero-order chi connectivity index (χ0) is 30.8. The van der Waals surface area contributed by atoms with Crippen molar-refractivity contribution in [1.82, 2.24) is 5.32 Å². The molecule has 0 bridgehead atoms. The Morgan fingerprint density at radius 2 is 1.43 bits per heavy atom. The van der Waals surface area contributed by atoms with Gasteiger partial charge in [-0.3, -0.25) is 28.9 Å². The van der Waals surface area contributed by atoms with Crippen molar-refractivity contribution in [1.29, 1.82) is 0 Å². The molecule has 220 valence electrons. The molecule has 12 heteroatoms. The number of carbonyl (C=O) groups excluding carboxylic acids is 4. The van der Waals surface area contributed by atoms with E-state index in [0.717, 1.165) is 0 Å². The van der Waals surface area contributed by atoms with E-state index in [-0.39, 0.29) is 43.1 Å². The van der Waals surface area contributed by atoms with Crippen LogP contribution in [0.2, 0.25) is 0 Å². The molecule has 11 nitrogen and oxygen atoms in total. The van der Waals surface area contributed by atoms with Crippen LogP contribution in [-0.2, 0) is 28.8 Å². The van der Waals surface area contributed by atoms with E-state index in [1.165, 1.54) is 4.90 Å². The fraction of sp³-hybridized carbons (Fsp3) is 0.333. The monoisotopic (exact) mass is 593 g/mol. The summed E-state index contributed by atoms with van der Waals surface area (Å²) in [5.74, 6) is -0.297. The highest BCUT2D eigenvalue weighted by molar-refractivity contribution is 7.80. The molecule has 0 aromatic heterocycles. The second-order valence-electron chi connectivity index (χ2n) is 9.74. The molecule has 0 fully saturated rings. The highest BCUT2D eigenvalue weighted by Gasteiger charge is 2.30. The number of thiol groups is 1. The number of amides is 2. The van der Waals surface area contributed by atoms with E-state index in [0.29, 0.717) is 22.5 Å². The number of Topliss-reactive ketones (excluding diaryl/α,β-unsaturated/α-hetero) is 2. The Morgan fingerprint density at radius 3 is 1.95 bits per heavy atom. The Bertz CT molecular complexity index is 1400. The lowest BCUT2D eigenvalue weighted by molar-refractivity contribution is -0.144. The standard InChI is InChI=1S/C30H31N3O8S/c31-22(26(35)15-20(16-28(37)38)29(39)32-23(17-42)30(40)41)13-11-21(34)12-14-27(36)33-24-7-3-1-5-18(24)9-10-19-6-2-4-8-25(19)33/h1-8,20,22-23,42H,11-17,31H2,(H,32,39)(H,37,38)(H,40,41)/t20-,22-,23-/m0/s1. The fourth-order valence-corrected chi connectivity index (χ4v) is 4.63. The summed E-state index contributed by atoms with van der Waals surface area (Å²) in [5.41, 5.74) is 8.53. The molecule has 5 N–H and O–H groups in total. The van der Waals surface area contributed by atoms with Gasteiger partial charge in [0.15, 0.2) is 0 Å². The van der Waals surface area contributed by atoms with E-state index in [9.17, 15) is 28.8 Å². The number of hydrogen-bond acceptors (Lipinski definition) is 8. The Morgan fingerprint density at radius 1 is 0.857 bits per heavy atom. The summed E-state index contributed by atoms with van der Waals surface area (Å²) in [7, 11) is 0. The summed E-state index contributed by atoms with van der Waals surface area (Å²) in [6.45, 7) is 0. The van der Waals surface area contributed by atoms with Crippen LogP contribution in [0.15, 0.2) is 48.5 Å². The van der Waals surface area contributed by atoms with Crippen LogP contribution in [0.4, 0.5) is 11.4 Å². The quantitative estimate of drug-likeness (QED) is 0.152. The molecule has 0 saturated heterocycles. The SMILES string of the molecule is N[C@@H](CCC(=O)CCC(=O)N1c2ccccc2C#Cc2ccccc21)C(=O)C[C@@H](CC(=O)O)C(=O)N[C@@H](CS)C(=O)O. The third kappa shape index (κ3) is 8.52. The number of rotatable bonds is 15. The van der Waals surface area contributed by atoms with Crippen LogP contribution in [0.25, 0.3) is 0 Å². The van der Waals surface area contributed by atoms with Crippen LogP contribution in [-0.4, -0.2) is 63.4 Å². The third-order valence-corrected chi connectivity index (χ3v) is 7.04. The smallest absolute Gasteiger partial charge is 0.327 e. The lowest BCUT2D eigenvalue weighted by atomic mass is 9.92. The van der Waals surface area contributed by atoms with E-state index in [2.05, 4.69) is 29.8 Å². The molecule has 0 saturated carbocycles. The minimum absolute atomic E-state index is 0.0646. The van der Waals surface area contributed by atoms with Gasteiger partial charge in [0.05, 0.1) is 29.8 Å².